The molecular weight excluding hydrogens is 423 g/mol. The van der Waals surface area contributed by atoms with Crippen LogP contribution in [0.15, 0.2) is 29.3 Å². The van der Waals surface area contributed by atoms with Crippen molar-refractivity contribution in [1.82, 2.24) is 15.1 Å². The average Bonchev–Trinajstić information content (AvgIpc) is 3.20. The first-order chi connectivity index (χ1) is 11.6. The number of benzene rings is 1. The van der Waals surface area contributed by atoms with E-state index in [4.69, 9.17) is 0 Å². The van der Waals surface area contributed by atoms with Crippen molar-refractivity contribution in [2.75, 3.05) is 34.2 Å². The third-order valence-electron chi connectivity index (χ3n) is 5.66. The molecule has 0 unspecified atom stereocenters. The second kappa shape index (κ2) is 9.21. The highest BCUT2D eigenvalue weighted by molar-refractivity contribution is 14.0. The van der Waals surface area contributed by atoms with Gasteiger partial charge in [0.15, 0.2) is 5.96 Å². The molecule has 1 saturated heterocycles. The summed E-state index contributed by atoms with van der Waals surface area (Å²) in [7, 11) is 6.15. The highest BCUT2D eigenvalue weighted by atomic mass is 127. The number of halogens is 1. The van der Waals surface area contributed by atoms with Gasteiger partial charge in [0.05, 0.1) is 0 Å². The second-order valence-corrected chi connectivity index (χ2v) is 7.79. The number of nitrogens with one attached hydrogen (secondary N) is 1. The first-order valence-corrected chi connectivity index (χ1v) is 9.29. The minimum atomic E-state index is 0. The standard InChI is InChI=1S/C20H32N4.HI/c1-21-19(24-13-12-20(16-24)10-6-7-11-20)22-14-17-8-4-5-9-18(17)15-23(2)3;/h4-5,8-9H,6-7,10-16H2,1-3H3,(H,21,22);1H. The summed E-state index contributed by atoms with van der Waals surface area (Å²) in [5.74, 6) is 1.07. The molecule has 5 heteroatoms. The molecule has 3 rings (SSSR count). The first-order valence-electron chi connectivity index (χ1n) is 9.29. The van der Waals surface area contributed by atoms with Crippen LogP contribution in [0.25, 0.3) is 0 Å². The van der Waals surface area contributed by atoms with Gasteiger partial charge in [0, 0.05) is 33.2 Å². The lowest BCUT2D eigenvalue weighted by molar-refractivity contribution is 0.309. The Bertz CT molecular complexity index is 579. The van der Waals surface area contributed by atoms with E-state index < -0.39 is 0 Å². The highest BCUT2D eigenvalue weighted by Crippen LogP contribution is 2.45. The fourth-order valence-electron chi connectivity index (χ4n) is 4.38. The summed E-state index contributed by atoms with van der Waals surface area (Å²) < 4.78 is 0. The van der Waals surface area contributed by atoms with Crippen molar-refractivity contribution in [1.29, 1.82) is 0 Å². The van der Waals surface area contributed by atoms with E-state index in [-0.39, 0.29) is 24.0 Å². The molecule has 0 atom stereocenters. The minimum absolute atomic E-state index is 0. The summed E-state index contributed by atoms with van der Waals surface area (Å²) in [6, 6.07) is 8.70. The van der Waals surface area contributed by atoms with E-state index in [1.54, 1.807) is 0 Å². The van der Waals surface area contributed by atoms with E-state index in [2.05, 4.69) is 58.5 Å². The van der Waals surface area contributed by atoms with E-state index in [9.17, 15) is 0 Å². The maximum Gasteiger partial charge on any atom is 0.193 e. The van der Waals surface area contributed by atoms with Crippen LogP contribution in [-0.2, 0) is 13.1 Å². The van der Waals surface area contributed by atoms with Crippen LogP contribution in [0.5, 0.6) is 0 Å². The maximum atomic E-state index is 4.55. The summed E-state index contributed by atoms with van der Waals surface area (Å²) >= 11 is 0. The molecule has 1 aliphatic heterocycles. The Balaban J connectivity index is 0.00000225. The molecule has 1 heterocycles. The quantitative estimate of drug-likeness (QED) is 0.426. The van der Waals surface area contributed by atoms with Crippen molar-refractivity contribution < 1.29 is 0 Å². The summed E-state index contributed by atoms with van der Waals surface area (Å²) in [6.07, 6.45) is 6.98. The molecule has 2 aliphatic rings. The summed E-state index contributed by atoms with van der Waals surface area (Å²) in [6.45, 7) is 4.16. The van der Waals surface area contributed by atoms with E-state index in [0.717, 1.165) is 25.6 Å². The average molecular weight is 456 g/mol. The van der Waals surface area contributed by atoms with Gasteiger partial charge in [-0.2, -0.15) is 0 Å². The summed E-state index contributed by atoms with van der Waals surface area (Å²) in [4.78, 5) is 9.24. The van der Waals surface area contributed by atoms with Crippen molar-refractivity contribution in [3.8, 4) is 0 Å². The van der Waals surface area contributed by atoms with Crippen molar-refractivity contribution in [3.05, 3.63) is 35.4 Å². The number of guanidine groups is 1. The van der Waals surface area contributed by atoms with Crippen LogP contribution in [0.3, 0.4) is 0 Å². The van der Waals surface area contributed by atoms with Gasteiger partial charge in [-0.1, -0.05) is 37.1 Å². The number of nitrogens with zero attached hydrogens (tertiary/aromatic N) is 3. The monoisotopic (exact) mass is 456 g/mol. The summed E-state index contributed by atoms with van der Waals surface area (Å²) in [5.41, 5.74) is 3.33. The third kappa shape index (κ3) is 5.09. The van der Waals surface area contributed by atoms with Gasteiger partial charge in [0.25, 0.3) is 0 Å². The molecule has 1 saturated carbocycles. The Morgan fingerprint density at radius 1 is 1.16 bits per heavy atom. The smallest absolute Gasteiger partial charge is 0.193 e. The largest absolute Gasteiger partial charge is 0.352 e. The van der Waals surface area contributed by atoms with Crippen LogP contribution >= 0.6 is 24.0 Å². The SMILES string of the molecule is CN=C(NCc1ccccc1CN(C)C)N1CCC2(CCCC2)C1.I. The van der Waals surface area contributed by atoms with Crippen LogP contribution in [0.4, 0.5) is 0 Å². The molecule has 1 spiro atoms. The molecule has 0 amide bonds. The molecule has 25 heavy (non-hydrogen) atoms. The zero-order valence-electron chi connectivity index (χ0n) is 15.9. The number of likely N-dealkylation sites (tertiary alicyclic amines) is 1. The van der Waals surface area contributed by atoms with Gasteiger partial charge in [0.1, 0.15) is 0 Å². The zero-order chi connectivity index (χ0) is 17.0. The topological polar surface area (TPSA) is 30.9 Å². The van der Waals surface area contributed by atoms with Crippen LogP contribution < -0.4 is 5.32 Å². The van der Waals surface area contributed by atoms with Crippen molar-refractivity contribution in [2.24, 2.45) is 10.4 Å². The van der Waals surface area contributed by atoms with Gasteiger partial charge in [-0.15, -0.1) is 24.0 Å². The van der Waals surface area contributed by atoms with Crippen molar-refractivity contribution in [3.63, 3.8) is 0 Å². The van der Waals surface area contributed by atoms with E-state index >= 15 is 0 Å². The normalized spacial score (nSPS) is 19.5. The second-order valence-electron chi connectivity index (χ2n) is 7.79. The molecular formula is C20H33IN4. The molecule has 1 N–H and O–H groups in total. The molecule has 1 aromatic carbocycles. The number of rotatable bonds is 4. The van der Waals surface area contributed by atoms with E-state index in [1.807, 2.05) is 7.05 Å². The summed E-state index contributed by atoms with van der Waals surface area (Å²) in [5, 5.41) is 3.61. The number of aliphatic imine (C=N–C) groups is 1. The molecule has 1 aliphatic carbocycles. The van der Waals surface area contributed by atoms with Crippen molar-refractivity contribution in [2.45, 2.75) is 45.2 Å². The van der Waals surface area contributed by atoms with Gasteiger partial charge in [-0.25, -0.2) is 0 Å². The predicted molar refractivity (Wildman–Crippen MR) is 117 cm³/mol. The Morgan fingerprint density at radius 3 is 2.48 bits per heavy atom. The Kier molecular flexibility index (Phi) is 7.55. The number of hydrogen-bond donors (Lipinski definition) is 1. The lowest BCUT2D eigenvalue weighted by atomic mass is 9.86. The molecule has 2 fully saturated rings. The van der Waals surface area contributed by atoms with Gasteiger partial charge in [-0.05, 0) is 49.9 Å². The van der Waals surface area contributed by atoms with E-state index in [0.29, 0.717) is 5.41 Å². The van der Waals surface area contributed by atoms with E-state index in [1.165, 1.54) is 49.8 Å². The fourth-order valence-corrected chi connectivity index (χ4v) is 4.38. The van der Waals surface area contributed by atoms with Gasteiger partial charge >= 0.3 is 0 Å². The maximum absolute atomic E-state index is 4.55. The molecule has 1 aromatic rings. The molecule has 0 radical (unpaired) electrons. The van der Waals surface area contributed by atoms with Crippen LogP contribution in [0, 0.1) is 5.41 Å². The molecule has 0 aromatic heterocycles. The van der Waals surface area contributed by atoms with Gasteiger partial charge in [-0.3, -0.25) is 4.99 Å². The lowest BCUT2D eigenvalue weighted by Gasteiger charge is -2.26. The highest BCUT2D eigenvalue weighted by Gasteiger charge is 2.41. The Morgan fingerprint density at radius 2 is 1.84 bits per heavy atom. The van der Waals surface area contributed by atoms with Gasteiger partial charge in [0.2, 0.25) is 0 Å². The lowest BCUT2D eigenvalue weighted by Crippen LogP contribution is -2.40. The fraction of sp³-hybridized carbons (Fsp3) is 0.650. The first kappa shape index (κ1) is 20.5. The predicted octanol–water partition coefficient (Wildman–Crippen LogP) is 3.71. The Hall–Kier alpha value is -0.820. The van der Waals surface area contributed by atoms with Crippen LogP contribution in [0.1, 0.15) is 43.2 Å². The van der Waals surface area contributed by atoms with Gasteiger partial charge < -0.3 is 15.1 Å². The zero-order valence-corrected chi connectivity index (χ0v) is 18.3. The third-order valence-corrected chi connectivity index (χ3v) is 5.66. The molecule has 4 nitrogen and oxygen atoms in total. The van der Waals surface area contributed by atoms with Crippen molar-refractivity contribution >= 4 is 29.9 Å². The minimum Gasteiger partial charge on any atom is -0.352 e. The Labute approximate surface area is 170 Å². The van der Waals surface area contributed by atoms with Crippen LogP contribution in [0.2, 0.25) is 0 Å². The van der Waals surface area contributed by atoms with Crippen LogP contribution in [-0.4, -0.2) is 50.0 Å². The molecule has 0 bridgehead atoms. The molecule has 140 valence electrons. The number of hydrogen-bond acceptors (Lipinski definition) is 2.